The van der Waals surface area contributed by atoms with Gasteiger partial charge in [-0.2, -0.15) is 5.10 Å². The minimum atomic E-state index is -0.148. The Bertz CT molecular complexity index is 962. The summed E-state index contributed by atoms with van der Waals surface area (Å²) in [6.07, 6.45) is 1.79. The van der Waals surface area contributed by atoms with Gasteiger partial charge in [0.25, 0.3) is 5.91 Å². The zero-order valence-corrected chi connectivity index (χ0v) is 15.8. The maximum absolute atomic E-state index is 12.8. The van der Waals surface area contributed by atoms with E-state index in [0.717, 1.165) is 22.5 Å². The third-order valence-electron chi connectivity index (χ3n) is 4.01. The first kappa shape index (κ1) is 18.5. The molecule has 136 valence electrons. The first-order valence-corrected chi connectivity index (χ1v) is 8.73. The van der Waals surface area contributed by atoms with Crippen LogP contribution in [-0.2, 0) is 4.79 Å². The van der Waals surface area contributed by atoms with Crippen LogP contribution in [0.4, 0.5) is 5.69 Å². The van der Waals surface area contributed by atoms with Gasteiger partial charge < -0.3 is 5.73 Å². The van der Waals surface area contributed by atoms with E-state index in [4.69, 9.17) is 18.0 Å². The van der Waals surface area contributed by atoms with Crippen molar-refractivity contribution in [3.05, 3.63) is 71.4 Å². The Morgan fingerprint density at radius 2 is 1.85 bits per heavy atom. The van der Waals surface area contributed by atoms with E-state index in [1.807, 2.05) is 68.4 Å². The number of amidine groups is 1. The predicted octanol–water partition coefficient (Wildman–Crippen LogP) is 3.05. The lowest BCUT2D eigenvalue weighted by Gasteiger charge is -2.16. The fraction of sp³-hybridized carbons (Fsp3) is 0.100. The van der Waals surface area contributed by atoms with Crippen LogP contribution in [0.1, 0.15) is 25.0 Å². The SMILES string of the molecule is CC1=N/C(=C/c2ccccc2)C(=O)N1c1ccc(/C(C)=N/NC(N)=S)cc1. The molecule has 0 unspecified atom stereocenters. The highest BCUT2D eigenvalue weighted by molar-refractivity contribution is 7.80. The van der Waals surface area contributed by atoms with Gasteiger partial charge in [-0.15, -0.1) is 0 Å². The minimum Gasteiger partial charge on any atom is -0.375 e. The Balaban J connectivity index is 1.82. The summed E-state index contributed by atoms with van der Waals surface area (Å²) in [4.78, 5) is 18.8. The van der Waals surface area contributed by atoms with Crippen molar-refractivity contribution in [3.8, 4) is 0 Å². The molecule has 0 atom stereocenters. The van der Waals surface area contributed by atoms with Crippen molar-refractivity contribution in [1.82, 2.24) is 5.43 Å². The van der Waals surface area contributed by atoms with Gasteiger partial charge >= 0.3 is 0 Å². The number of anilines is 1. The molecule has 3 N–H and O–H groups in total. The molecule has 2 aromatic carbocycles. The van der Waals surface area contributed by atoms with E-state index in [0.29, 0.717) is 11.5 Å². The van der Waals surface area contributed by atoms with Crippen LogP contribution in [0.25, 0.3) is 6.08 Å². The number of nitrogens with zero attached hydrogens (tertiary/aromatic N) is 3. The van der Waals surface area contributed by atoms with Crippen LogP contribution in [-0.4, -0.2) is 22.6 Å². The van der Waals surface area contributed by atoms with Crippen LogP contribution in [0.15, 0.2) is 70.4 Å². The smallest absolute Gasteiger partial charge is 0.282 e. The summed E-state index contributed by atoms with van der Waals surface area (Å²) in [7, 11) is 0. The molecule has 1 aliphatic heterocycles. The first-order chi connectivity index (χ1) is 13.0. The number of hydrogen-bond acceptors (Lipinski definition) is 4. The summed E-state index contributed by atoms with van der Waals surface area (Å²) in [5.41, 5.74) is 11.7. The number of aliphatic imine (C=N–C) groups is 1. The quantitative estimate of drug-likeness (QED) is 0.371. The molecule has 1 aliphatic rings. The van der Waals surface area contributed by atoms with Gasteiger partial charge in [0.15, 0.2) is 5.11 Å². The number of nitrogens with one attached hydrogen (secondary N) is 1. The Morgan fingerprint density at radius 3 is 2.48 bits per heavy atom. The molecule has 0 fully saturated rings. The van der Waals surface area contributed by atoms with Crippen molar-refractivity contribution in [2.45, 2.75) is 13.8 Å². The van der Waals surface area contributed by atoms with E-state index in [9.17, 15) is 4.79 Å². The number of hydrazone groups is 1. The maximum Gasteiger partial charge on any atom is 0.282 e. The topological polar surface area (TPSA) is 83.1 Å². The second kappa shape index (κ2) is 7.92. The molecule has 0 aromatic heterocycles. The number of carbonyl (C=O) groups excluding carboxylic acids is 1. The Morgan fingerprint density at radius 1 is 1.19 bits per heavy atom. The van der Waals surface area contributed by atoms with Gasteiger partial charge in [-0.25, -0.2) is 4.99 Å². The van der Waals surface area contributed by atoms with Gasteiger partial charge in [0, 0.05) is 0 Å². The van der Waals surface area contributed by atoms with Gasteiger partial charge in [0.2, 0.25) is 0 Å². The number of carbonyl (C=O) groups is 1. The van der Waals surface area contributed by atoms with E-state index >= 15 is 0 Å². The molecule has 3 rings (SSSR count). The van der Waals surface area contributed by atoms with Crippen molar-refractivity contribution >= 4 is 46.5 Å². The molecule has 0 saturated carbocycles. The lowest BCUT2D eigenvalue weighted by molar-refractivity contribution is -0.113. The monoisotopic (exact) mass is 377 g/mol. The standard InChI is InChI=1S/C20H19N5OS/c1-13(23-24-20(21)27)16-8-10-17(11-9-16)25-14(2)22-18(19(25)26)12-15-6-4-3-5-7-15/h3-12H,1-2H3,(H3,21,24,27)/b18-12+,23-13+. The summed E-state index contributed by atoms with van der Waals surface area (Å²) in [5, 5.41) is 4.21. The molecule has 1 amide bonds. The lowest BCUT2D eigenvalue weighted by Crippen LogP contribution is -2.30. The van der Waals surface area contributed by atoms with Gasteiger partial charge in [-0.3, -0.25) is 15.1 Å². The van der Waals surface area contributed by atoms with Crippen molar-refractivity contribution < 1.29 is 4.79 Å². The second-order valence-electron chi connectivity index (χ2n) is 5.96. The van der Waals surface area contributed by atoms with Crippen LogP contribution in [0.5, 0.6) is 0 Å². The average Bonchev–Trinajstić information content (AvgIpc) is 2.94. The molecular weight excluding hydrogens is 358 g/mol. The van der Waals surface area contributed by atoms with Crippen molar-refractivity contribution in [2.75, 3.05) is 4.90 Å². The van der Waals surface area contributed by atoms with E-state index < -0.39 is 0 Å². The highest BCUT2D eigenvalue weighted by atomic mass is 32.1. The molecule has 0 radical (unpaired) electrons. The zero-order valence-electron chi connectivity index (χ0n) is 15.0. The summed E-state index contributed by atoms with van der Waals surface area (Å²) in [6.45, 7) is 3.66. The summed E-state index contributed by atoms with van der Waals surface area (Å²) in [5.74, 6) is 0.486. The average molecular weight is 377 g/mol. The number of nitrogens with two attached hydrogens (primary N) is 1. The number of benzene rings is 2. The largest absolute Gasteiger partial charge is 0.375 e. The summed E-state index contributed by atoms with van der Waals surface area (Å²) >= 11 is 4.74. The van der Waals surface area contributed by atoms with Gasteiger partial charge in [-0.05, 0) is 55.4 Å². The normalized spacial score (nSPS) is 15.9. The van der Waals surface area contributed by atoms with E-state index in [2.05, 4.69) is 15.5 Å². The molecule has 0 aliphatic carbocycles. The van der Waals surface area contributed by atoms with Crippen LogP contribution in [0, 0.1) is 0 Å². The van der Waals surface area contributed by atoms with Crippen LogP contribution < -0.4 is 16.1 Å². The molecule has 1 heterocycles. The summed E-state index contributed by atoms with van der Waals surface area (Å²) < 4.78 is 0. The van der Waals surface area contributed by atoms with Crippen molar-refractivity contribution in [2.24, 2.45) is 15.8 Å². The number of thiocarbonyl (C=S) groups is 1. The molecular formula is C20H19N5OS. The predicted molar refractivity (Wildman–Crippen MR) is 114 cm³/mol. The van der Waals surface area contributed by atoms with Gasteiger partial charge in [-0.1, -0.05) is 42.5 Å². The molecule has 0 saturated heterocycles. The molecule has 0 bridgehead atoms. The molecule has 0 spiro atoms. The van der Waals surface area contributed by atoms with Crippen molar-refractivity contribution in [1.29, 1.82) is 0 Å². The number of rotatable bonds is 4. The number of amides is 1. The van der Waals surface area contributed by atoms with E-state index in [-0.39, 0.29) is 11.0 Å². The van der Waals surface area contributed by atoms with E-state index in [1.165, 1.54) is 0 Å². The molecule has 27 heavy (non-hydrogen) atoms. The highest BCUT2D eigenvalue weighted by Gasteiger charge is 2.28. The Kier molecular flexibility index (Phi) is 5.42. The van der Waals surface area contributed by atoms with Crippen molar-refractivity contribution in [3.63, 3.8) is 0 Å². The van der Waals surface area contributed by atoms with Gasteiger partial charge in [0.1, 0.15) is 11.5 Å². The fourth-order valence-corrected chi connectivity index (χ4v) is 2.74. The Hall–Kier alpha value is -3.32. The van der Waals surface area contributed by atoms with Gasteiger partial charge in [0.05, 0.1) is 11.4 Å². The molecule has 7 heteroatoms. The second-order valence-corrected chi connectivity index (χ2v) is 6.40. The fourth-order valence-electron chi connectivity index (χ4n) is 2.69. The van der Waals surface area contributed by atoms with E-state index in [1.54, 1.807) is 11.0 Å². The minimum absolute atomic E-state index is 0.109. The highest BCUT2D eigenvalue weighted by Crippen LogP contribution is 2.25. The third-order valence-corrected chi connectivity index (χ3v) is 4.10. The van der Waals surface area contributed by atoms with Crippen LogP contribution in [0.3, 0.4) is 0 Å². The summed E-state index contributed by atoms with van der Waals surface area (Å²) in [6, 6.07) is 17.1. The zero-order chi connectivity index (χ0) is 19.4. The Labute approximate surface area is 163 Å². The molecule has 2 aromatic rings. The third kappa shape index (κ3) is 4.27. The number of hydrogen-bond donors (Lipinski definition) is 2. The van der Waals surface area contributed by atoms with Crippen LogP contribution in [0.2, 0.25) is 0 Å². The lowest BCUT2D eigenvalue weighted by atomic mass is 10.1. The maximum atomic E-state index is 12.8. The van der Waals surface area contributed by atoms with Crippen LogP contribution >= 0.6 is 12.2 Å². The first-order valence-electron chi connectivity index (χ1n) is 8.32. The molecule has 6 nitrogen and oxygen atoms in total.